The molecule has 0 saturated heterocycles. The number of benzene rings is 3. The molecule has 0 bridgehead atoms. The molecule has 184 valence electrons. The molecule has 0 fully saturated rings. The molecule has 0 N–H and O–H groups in total. The van der Waals surface area contributed by atoms with Crippen LogP contribution >= 0.6 is 23.2 Å². The van der Waals surface area contributed by atoms with Gasteiger partial charge in [-0.3, -0.25) is 4.57 Å². The third-order valence-electron chi connectivity index (χ3n) is 5.81. The van der Waals surface area contributed by atoms with Crippen LogP contribution in [0, 0.1) is 0 Å². The molecule has 0 radical (unpaired) electrons. The second kappa shape index (κ2) is 9.07. The molecule has 0 unspecified atom stereocenters. The normalized spacial score (nSPS) is 15.0. The topological polar surface area (TPSA) is 73.5 Å². The van der Waals surface area contributed by atoms with Gasteiger partial charge in [0.25, 0.3) is 0 Å². The Morgan fingerprint density at radius 1 is 0.944 bits per heavy atom. The van der Waals surface area contributed by atoms with E-state index in [1.165, 1.54) is 6.26 Å². The maximum atomic E-state index is 12.0. The van der Waals surface area contributed by atoms with Crippen LogP contribution in [0.15, 0.2) is 82.8 Å². The van der Waals surface area contributed by atoms with Gasteiger partial charge in [-0.25, -0.2) is 18.4 Å². The summed E-state index contributed by atoms with van der Waals surface area (Å²) in [4.78, 5) is 9.74. The first-order valence-corrected chi connectivity index (χ1v) is 13.8. The number of halogens is 2. The predicted octanol–water partition coefficient (Wildman–Crippen LogP) is 6.47. The molecule has 1 aliphatic rings. The van der Waals surface area contributed by atoms with E-state index >= 15 is 0 Å². The summed E-state index contributed by atoms with van der Waals surface area (Å²) in [5.41, 5.74) is 3.22. The zero-order chi connectivity index (χ0) is 25.7. The molecule has 1 aliphatic heterocycles. The summed E-state index contributed by atoms with van der Waals surface area (Å²) in [6.45, 7) is 4.47. The lowest BCUT2D eigenvalue weighted by Crippen LogP contribution is -2.17. The van der Waals surface area contributed by atoms with Crippen molar-refractivity contribution >= 4 is 38.9 Å². The average Bonchev–Trinajstić information content (AvgIpc) is 3.42. The third-order valence-corrected chi connectivity index (χ3v) is 7.55. The fraction of sp³-hybridized carbons (Fsp3) is 0.185. The van der Waals surface area contributed by atoms with Crippen LogP contribution in [0.4, 0.5) is 0 Å². The molecule has 0 aliphatic carbocycles. The van der Waals surface area contributed by atoms with Gasteiger partial charge in [-0.05, 0) is 61.4 Å². The van der Waals surface area contributed by atoms with Crippen LogP contribution in [0.2, 0.25) is 10.0 Å². The molecule has 9 heteroatoms. The summed E-state index contributed by atoms with van der Waals surface area (Å²) < 4.78 is 31.7. The molecular weight excluding hydrogens is 517 g/mol. The largest absolute Gasteiger partial charge is 0.474 e. The lowest BCUT2D eigenvalue weighted by atomic mass is 10.1. The molecule has 3 aromatic carbocycles. The van der Waals surface area contributed by atoms with Crippen LogP contribution in [-0.4, -0.2) is 42.3 Å². The van der Waals surface area contributed by atoms with Crippen molar-refractivity contribution in [3.8, 4) is 28.2 Å². The summed E-state index contributed by atoms with van der Waals surface area (Å²) in [7, 11) is -3.33. The number of rotatable bonds is 5. The molecule has 5 rings (SSSR count). The molecule has 0 spiro atoms. The first kappa shape index (κ1) is 24.6. The average molecular weight is 540 g/mol. The van der Waals surface area contributed by atoms with Gasteiger partial charge in [0.15, 0.2) is 9.84 Å². The van der Waals surface area contributed by atoms with Gasteiger partial charge >= 0.3 is 0 Å². The van der Waals surface area contributed by atoms with Gasteiger partial charge in [0, 0.05) is 18.0 Å². The molecule has 1 aromatic heterocycles. The Kier molecular flexibility index (Phi) is 6.19. The van der Waals surface area contributed by atoms with Crippen LogP contribution < -0.4 is 0 Å². The molecule has 0 atom stereocenters. The van der Waals surface area contributed by atoms with Crippen molar-refractivity contribution in [2.24, 2.45) is 4.99 Å². The van der Waals surface area contributed by atoms with E-state index in [1.807, 2.05) is 67.1 Å². The molecule has 6 nitrogen and oxygen atoms in total. The van der Waals surface area contributed by atoms with Gasteiger partial charge in [0.05, 0.1) is 26.2 Å². The quantitative estimate of drug-likeness (QED) is 0.291. The Hall–Kier alpha value is -3.13. The number of aromatic nitrogens is 2. The standard InChI is InChI=1S/C27H23Cl2N3O3S/c1-27(2)16-35-26(31-27)23-15-32(25(30-23)20-9-4-5-10-21(20)28)24-12-11-18(14-22(24)29)17-7-6-8-19(13-17)36(3,33)34/h4-15H,16H2,1-3H3. The Bertz CT molecular complexity index is 1620. The van der Waals surface area contributed by atoms with Gasteiger partial charge < -0.3 is 4.74 Å². The fourth-order valence-corrected chi connectivity index (χ4v) is 5.16. The van der Waals surface area contributed by atoms with Crippen molar-refractivity contribution in [3.63, 3.8) is 0 Å². The lowest BCUT2D eigenvalue weighted by molar-refractivity contribution is 0.279. The number of sulfone groups is 1. The van der Waals surface area contributed by atoms with Gasteiger partial charge in [-0.15, -0.1) is 0 Å². The monoisotopic (exact) mass is 539 g/mol. The molecule has 36 heavy (non-hydrogen) atoms. The first-order chi connectivity index (χ1) is 17.0. The van der Waals surface area contributed by atoms with Gasteiger partial charge in [0.2, 0.25) is 5.90 Å². The lowest BCUT2D eigenvalue weighted by Gasteiger charge is -2.12. The highest BCUT2D eigenvalue weighted by Gasteiger charge is 2.29. The van der Waals surface area contributed by atoms with E-state index in [1.54, 1.807) is 24.3 Å². The predicted molar refractivity (Wildman–Crippen MR) is 144 cm³/mol. The minimum atomic E-state index is -3.33. The number of hydrogen-bond acceptors (Lipinski definition) is 5. The van der Waals surface area contributed by atoms with Crippen LogP contribution in [0.1, 0.15) is 19.5 Å². The Labute approximate surface area is 220 Å². The van der Waals surface area contributed by atoms with Crippen molar-refractivity contribution in [2.45, 2.75) is 24.3 Å². The Morgan fingerprint density at radius 2 is 1.69 bits per heavy atom. The van der Waals surface area contributed by atoms with Crippen molar-refractivity contribution in [1.82, 2.24) is 9.55 Å². The minimum Gasteiger partial charge on any atom is -0.474 e. The summed E-state index contributed by atoms with van der Waals surface area (Å²) in [5, 5.41) is 1.01. The third kappa shape index (κ3) is 4.78. The summed E-state index contributed by atoms with van der Waals surface area (Å²) in [6.07, 6.45) is 3.03. The van der Waals surface area contributed by atoms with E-state index in [-0.39, 0.29) is 10.4 Å². The number of nitrogens with zero attached hydrogens (tertiary/aromatic N) is 3. The van der Waals surface area contributed by atoms with Crippen LogP contribution in [0.3, 0.4) is 0 Å². The molecule has 2 heterocycles. The van der Waals surface area contributed by atoms with Crippen LogP contribution in [0.5, 0.6) is 0 Å². The van der Waals surface area contributed by atoms with Gasteiger partial charge in [-0.2, -0.15) is 0 Å². The van der Waals surface area contributed by atoms with Crippen molar-refractivity contribution in [2.75, 3.05) is 12.9 Å². The highest BCUT2D eigenvalue weighted by molar-refractivity contribution is 7.90. The van der Waals surface area contributed by atoms with E-state index < -0.39 is 9.84 Å². The van der Waals surface area contributed by atoms with Crippen molar-refractivity contribution in [3.05, 3.63) is 88.7 Å². The Morgan fingerprint density at radius 3 is 2.36 bits per heavy atom. The molecule has 4 aromatic rings. The number of aliphatic imine (C=N–C) groups is 1. The summed E-state index contributed by atoms with van der Waals surface area (Å²) >= 11 is 13.3. The zero-order valence-corrected chi connectivity index (χ0v) is 22.2. The molecule has 0 amide bonds. The van der Waals surface area contributed by atoms with Crippen molar-refractivity contribution in [1.29, 1.82) is 0 Å². The second-order valence-corrected chi connectivity index (χ2v) is 12.1. The van der Waals surface area contributed by atoms with E-state index in [9.17, 15) is 8.42 Å². The van der Waals surface area contributed by atoms with E-state index in [2.05, 4.69) is 4.99 Å². The molecule has 0 saturated carbocycles. The number of ether oxygens (including phenoxy) is 1. The van der Waals surface area contributed by atoms with E-state index in [4.69, 9.17) is 32.9 Å². The molecular formula is C27H23Cl2N3O3S. The number of imidazole rings is 1. The second-order valence-electron chi connectivity index (χ2n) is 9.28. The summed E-state index contributed by atoms with van der Waals surface area (Å²) in [6, 6.07) is 19.8. The SMILES string of the molecule is CC1(C)COC(c2cn(-c3ccc(-c4cccc(S(C)(=O)=O)c4)cc3Cl)c(-c3ccccc3Cl)n2)=N1. The minimum absolute atomic E-state index is 0.251. The highest BCUT2D eigenvalue weighted by atomic mass is 35.5. The maximum Gasteiger partial charge on any atom is 0.237 e. The van der Waals surface area contributed by atoms with Crippen LogP contribution in [0.25, 0.3) is 28.2 Å². The highest BCUT2D eigenvalue weighted by Crippen LogP contribution is 2.35. The van der Waals surface area contributed by atoms with Crippen LogP contribution in [-0.2, 0) is 14.6 Å². The van der Waals surface area contributed by atoms with Gasteiger partial charge in [0.1, 0.15) is 18.1 Å². The van der Waals surface area contributed by atoms with E-state index in [0.717, 1.165) is 16.7 Å². The van der Waals surface area contributed by atoms with Gasteiger partial charge in [-0.1, -0.05) is 53.5 Å². The fourth-order valence-electron chi connectivity index (χ4n) is 4.00. The van der Waals surface area contributed by atoms with E-state index in [0.29, 0.717) is 39.8 Å². The van der Waals surface area contributed by atoms with Crippen molar-refractivity contribution < 1.29 is 13.2 Å². The maximum absolute atomic E-state index is 12.0. The zero-order valence-electron chi connectivity index (χ0n) is 19.9. The first-order valence-electron chi connectivity index (χ1n) is 11.2. The Balaban J connectivity index is 1.63. The smallest absolute Gasteiger partial charge is 0.237 e. The number of hydrogen-bond donors (Lipinski definition) is 0. The summed E-state index contributed by atoms with van der Waals surface area (Å²) in [5.74, 6) is 1.07.